The summed E-state index contributed by atoms with van der Waals surface area (Å²) >= 11 is 0. The van der Waals surface area contributed by atoms with E-state index in [0.29, 0.717) is 22.6 Å². The van der Waals surface area contributed by atoms with Gasteiger partial charge in [-0.2, -0.15) is 13.2 Å². The number of aromatic nitrogens is 1. The van der Waals surface area contributed by atoms with Gasteiger partial charge in [0, 0.05) is 11.1 Å². The smallest absolute Gasteiger partial charge is 0.279 e. The summed E-state index contributed by atoms with van der Waals surface area (Å²) in [6.07, 6.45) is -4.37. The third-order valence-corrected chi connectivity index (χ3v) is 4.00. The van der Waals surface area contributed by atoms with E-state index in [4.69, 9.17) is 4.84 Å². The summed E-state index contributed by atoms with van der Waals surface area (Å²) in [5.41, 5.74) is 5.87. The average molecular weight is 370 g/mol. The minimum absolute atomic E-state index is 0.480. The molecule has 0 bridgehead atoms. The molecule has 138 valence electrons. The zero-order valence-electron chi connectivity index (χ0n) is 14.5. The van der Waals surface area contributed by atoms with Crippen molar-refractivity contribution in [1.29, 1.82) is 0 Å². The molecule has 27 heavy (non-hydrogen) atoms. The molecule has 1 N–H and O–H groups in total. The molecule has 6 heteroatoms. The number of nitrogens with zero attached hydrogens (tertiary/aromatic N) is 1. The van der Waals surface area contributed by atoms with E-state index in [0.717, 1.165) is 23.3 Å². The summed E-state index contributed by atoms with van der Waals surface area (Å²) in [7, 11) is 1.47. The van der Waals surface area contributed by atoms with Crippen LogP contribution >= 0.6 is 0 Å². The van der Waals surface area contributed by atoms with Gasteiger partial charge in [-0.25, -0.2) is 4.98 Å². The summed E-state index contributed by atoms with van der Waals surface area (Å²) in [4.78, 5) is 9.51. The van der Waals surface area contributed by atoms with Crippen LogP contribution in [0.2, 0.25) is 0 Å². The highest BCUT2D eigenvalue weighted by Crippen LogP contribution is 2.34. The number of alkyl halides is 3. The van der Waals surface area contributed by atoms with Crippen LogP contribution in [0.1, 0.15) is 11.3 Å². The molecule has 0 radical (unpaired) electrons. The molecule has 0 aliphatic rings. The van der Waals surface area contributed by atoms with Crippen molar-refractivity contribution in [3.63, 3.8) is 0 Å². The number of halogens is 3. The molecule has 0 unspecified atom stereocenters. The van der Waals surface area contributed by atoms with Crippen LogP contribution in [-0.2, 0) is 11.0 Å². The standard InChI is InChI=1S/C21H17F3N2O/c1-14(26-27-2)19-13-12-18(20(25-19)16-6-4-3-5-7-16)15-8-10-17(11-9-15)21(22,23)24/h3-13,26H,1H2,2H3. The van der Waals surface area contributed by atoms with E-state index in [-0.39, 0.29) is 0 Å². The Labute approximate surface area is 155 Å². The summed E-state index contributed by atoms with van der Waals surface area (Å²) < 4.78 is 38.5. The highest BCUT2D eigenvalue weighted by Gasteiger charge is 2.30. The Morgan fingerprint density at radius 2 is 1.59 bits per heavy atom. The molecule has 2 aromatic carbocycles. The quantitative estimate of drug-likeness (QED) is 0.598. The SMILES string of the molecule is C=C(NOC)c1ccc(-c2ccc(C(F)(F)F)cc2)c(-c2ccccc2)n1. The summed E-state index contributed by atoms with van der Waals surface area (Å²) in [6.45, 7) is 3.87. The van der Waals surface area contributed by atoms with Gasteiger partial charge in [0.25, 0.3) is 0 Å². The fourth-order valence-corrected chi connectivity index (χ4v) is 2.69. The van der Waals surface area contributed by atoms with E-state index in [1.807, 2.05) is 36.4 Å². The van der Waals surface area contributed by atoms with Gasteiger partial charge in [-0.15, -0.1) is 0 Å². The van der Waals surface area contributed by atoms with Gasteiger partial charge in [-0.1, -0.05) is 49.0 Å². The largest absolute Gasteiger partial charge is 0.416 e. The zero-order chi connectivity index (χ0) is 19.4. The van der Waals surface area contributed by atoms with Gasteiger partial charge in [0.05, 0.1) is 29.8 Å². The van der Waals surface area contributed by atoms with E-state index >= 15 is 0 Å². The van der Waals surface area contributed by atoms with Crippen molar-refractivity contribution in [2.75, 3.05) is 7.11 Å². The maximum atomic E-state index is 12.8. The first kappa shape index (κ1) is 18.7. The van der Waals surface area contributed by atoms with Crippen LogP contribution in [0.4, 0.5) is 13.2 Å². The summed E-state index contributed by atoms with van der Waals surface area (Å²) in [6, 6.07) is 18.0. The Balaban J connectivity index is 2.10. The monoisotopic (exact) mass is 370 g/mol. The Bertz CT molecular complexity index is 936. The topological polar surface area (TPSA) is 34.1 Å². The first-order chi connectivity index (χ1) is 12.9. The molecule has 1 heterocycles. The molecule has 0 fully saturated rings. The molecule has 0 spiro atoms. The summed E-state index contributed by atoms with van der Waals surface area (Å²) in [5.74, 6) is 0. The van der Waals surface area contributed by atoms with Crippen molar-refractivity contribution in [2.24, 2.45) is 0 Å². The molecule has 0 aliphatic carbocycles. The van der Waals surface area contributed by atoms with Crippen molar-refractivity contribution in [2.45, 2.75) is 6.18 Å². The van der Waals surface area contributed by atoms with Crippen LogP contribution in [0.3, 0.4) is 0 Å². The van der Waals surface area contributed by atoms with Crippen molar-refractivity contribution in [3.8, 4) is 22.4 Å². The third-order valence-electron chi connectivity index (χ3n) is 4.00. The number of benzene rings is 2. The van der Waals surface area contributed by atoms with Crippen LogP contribution in [-0.4, -0.2) is 12.1 Å². The van der Waals surface area contributed by atoms with E-state index in [9.17, 15) is 13.2 Å². The van der Waals surface area contributed by atoms with Crippen molar-refractivity contribution < 1.29 is 18.0 Å². The van der Waals surface area contributed by atoms with Gasteiger partial charge in [-0.05, 0) is 29.8 Å². The molecule has 0 atom stereocenters. The molecule has 0 saturated heterocycles. The molecule has 3 rings (SSSR count). The average Bonchev–Trinajstić information content (AvgIpc) is 2.68. The van der Waals surface area contributed by atoms with Crippen LogP contribution in [0.5, 0.6) is 0 Å². The predicted octanol–water partition coefficient (Wildman–Crippen LogP) is 5.56. The molecule has 0 amide bonds. The maximum absolute atomic E-state index is 12.8. The number of nitrogens with one attached hydrogen (secondary N) is 1. The second-order valence-corrected chi connectivity index (χ2v) is 5.82. The first-order valence-corrected chi connectivity index (χ1v) is 8.12. The van der Waals surface area contributed by atoms with Crippen molar-refractivity contribution in [3.05, 3.63) is 84.6 Å². The van der Waals surface area contributed by atoms with Gasteiger partial charge in [0.1, 0.15) is 0 Å². The second-order valence-electron chi connectivity index (χ2n) is 5.82. The van der Waals surface area contributed by atoms with E-state index in [1.54, 1.807) is 6.07 Å². The number of hydrogen-bond donors (Lipinski definition) is 1. The third kappa shape index (κ3) is 4.17. The Morgan fingerprint density at radius 1 is 0.926 bits per heavy atom. The van der Waals surface area contributed by atoms with Gasteiger partial charge in [0.15, 0.2) is 0 Å². The lowest BCUT2D eigenvalue weighted by Crippen LogP contribution is -2.10. The lowest BCUT2D eigenvalue weighted by Gasteiger charge is -2.14. The van der Waals surface area contributed by atoms with Crippen molar-refractivity contribution in [1.82, 2.24) is 10.5 Å². The van der Waals surface area contributed by atoms with Gasteiger partial charge in [0.2, 0.25) is 0 Å². The minimum Gasteiger partial charge on any atom is -0.279 e. The maximum Gasteiger partial charge on any atom is 0.416 e. The van der Waals surface area contributed by atoms with Gasteiger partial charge in [-0.3, -0.25) is 10.3 Å². The highest BCUT2D eigenvalue weighted by atomic mass is 19.4. The van der Waals surface area contributed by atoms with Crippen LogP contribution in [0.25, 0.3) is 28.1 Å². The normalized spacial score (nSPS) is 11.3. The fraction of sp³-hybridized carbons (Fsp3) is 0.0952. The number of rotatable bonds is 5. The van der Waals surface area contributed by atoms with Crippen LogP contribution in [0, 0.1) is 0 Å². The minimum atomic E-state index is -4.37. The van der Waals surface area contributed by atoms with E-state index in [1.165, 1.54) is 19.2 Å². The fourth-order valence-electron chi connectivity index (χ4n) is 2.69. The Morgan fingerprint density at radius 3 is 2.19 bits per heavy atom. The zero-order valence-corrected chi connectivity index (χ0v) is 14.5. The lowest BCUT2D eigenvalue weighted by molar-refractivity contribution is -0.137. The second kappa shape index (κ2) is 7.63. The Kier molecular flexibility index (Phi) is 5.28. The molecule has 1 aromatic heterocycles. The molecular weight excluding hydrogens is 353 g/mol. The van der Waals surface area contributed by atoms with Crippen LogP contribution in [0.15, 0.2) is 73.3 Å². The summed E-state index contributed by atoms with van der Waals surface area (Å²) in [5, 5.41) is 0. The lowest BCUT2D eigenvalue weighted by atomic mass is 9.97. The number of hydrogen-bond acceptors (Lipinski definition) is 3. The van der Waals surface area contributed by atoms with Crippen molar-refractivity contribution >= 4 is 5.70 Å². The predicted molar refractivity (Wildman–Crippen MR) is 99.3 cm³/mol. The number of pyridine rings is 1. The molecular formula is C21H17F3N2O. The van der Waals surface area contributed by atoms with E-state index in [2.05, 4.69) is 17.0 Å². The van der Waals surface area contributed by atoms with E-state index < -0.39 is 11.7 Å². The molecule has 0 aliphatic heterocycles. The molecule has 3 aromatic rings. The van der Waals surface area contributed by atoms with Crippen LogP contribution < -0.4 is 5.48 Å². The first-order valence-electron chi connectivity index (χ1n) is 8.12. The molecule has 3 nitrogen and oxygen atoms in total. The molecule has 0 saturated carbocycles. The van der Waals surface area contributed by atoms with Gasteiger partial charge < -0.3 is 0 Å². The Hall–Kier alpha value is -3.12. The highest BCUT2D eigenvalue weighted by molar-refractivity contribution is 5.82. The van der Waals surface area contributed by atoms with Gasteiger partial charge >= 0.3 is 6.18 Å². The number of hydroxylamine groups is 1.